The van der Waals surface area contributed by atoms with Crippen LogP contribution in [0.15, 0.2) is 27.6 Å². The fraction of sp³-hybridized carbons (Fsp3) is 0.500. The molecule has 0 bridgehead atoms. The molecule has 0 amide bonds. The Morgan fingerprint density at radius 3 is 2.68 bits per heavy atom. The number of anilines is 1. The number of hydrogen-bond acceptors (Lipinski definition) is 4. The molecule has 7 heteroatoms. The van der Waals surface area contributed by atoms with E-state index in [1.54, 1.807) is 28.2 Å². The largest absolute Gasteiger partial charge is 0.398 e. The highest BCUT2D eigenvalue weighted by molar-refractivity contribution is 9.10. The van der Waals surface area contributed by atoms with Crippen molar-refractivity contribution in [2.24, 2.45) is 0 Å². The second-order valence-electron chi connectivity index (χ2n) is 5.13. The number of rotatable bonds is 2. The molecule has 0 spiro atoms. The van der Waals surface area contributed by atoms with Gasteiger partial charge in [-0.2, -0.15) is 16.1 Å². The first kappa shape index (κ1) is 15.2. The van der Waals surface area contributed by atoms with Crippen LogP contribution in [0.1, 0.15) is 13.8 Å². The zero-order valence-electron chi connectivity index (χ0n) is 10.9. The molecule has 0 aromatic heterocycles. The van der Waals surface area contributed by atoms with Crippen LogP contribution in [-0.4, -0.2) is 36.3 Å². The van der Waals surface area contributed by atoms with Gasteiger partial charge in [0.05, 0.1) is 4.90 Å². The Hall–Kier alpha value is -0.240. The molecule has 2 rings (SSSR count). The standard InChI is InChI=1S/C12H17BrN2O2S2/c1-12(2)8-15(5-6-18-12)19(16,17)9-3-4-10(13)11(14)7-9/h3-4,7H,5-6,8,14H2,1-2H3. The average molecular weight is 365 g/mol. The molecule has 1 saturated heterocycles. The summed E-state index contributed by atoms with van der Waals surface area (Å²) >= 11 is 5.08. The molecular weight excluding hydrogens is 348 g/mol. The molecule has 19 heavy (non-hydrogen) atoms. The van der Waals surface area contributed by atoms with Crippen LogP contribution >= 0.6 is 27.7 Å². The lowest BCUT2D eigenvalue weighted by Gasteiger charge is -2.36. The summed E-state index contributed by atoms with van der Waals surface area (Å²) in [4.78, 5) is 0.260. The summed E-state index contributed by atoms with van der Waals surface area (Å²) in [7, 11) is -3.45. The highest BCUT2D eigenvalue weighted by Crippen LogP contribution is 2.33. The topological polar surface area (TPSA) is 63.4 Å². The number of benzene rings is 1. The fourth-order valence-electron chi connectivity index (χ4n) is 2.01. The normalized spacial score (nSPS) is 20.4. The van der Waals surface area contributed by atoms with Crippen molar-refractivity contribution in [2.45, 2.75) is 23.5 Å². The predicted molar refractivity (Wildman–Crippen MR) is 83.9 cm³/mol. The third kappa shape index (κ3) is 3.26. The van der Waals surface area contributed by atoms with Gasteiger partial charge in [-0.05, 0) is 48.0 Å². The van der Waals surface area contributed by atoms with E-state index in [4.69, 9.17) is 5.73 Å². The van der Waals surface area contributed by atoms with Crippen LogP contribution in [0.4, 0.5) is 5.69 Å². The number of nitrogens with zero attached hydrogens (tertiary/aromatic N) is 1. The van der Waals surface area contributed by atoms with Gasteiger partial charge in [0.2, 0.25) is 10.0 Å². The molecular formula is C12H17BrN2O2S2. The molecule has 1 fully saturated rings. The number of nitrogens with two attached hydrogens (primary N) is 1. The zero-order valence-corrected chi connectivity index (χ0v) is 14.1. The summed E-state index contributed by atoms with van der Waals surface area (Å²) in [5, 5.41) is 0. The van der Waals surface area contributed by atoms with Gasteiger partial charge in [0.15, 0.2) is 0 Å². The second-order valence-corrected chi connectivity index (χ2v) is 9.72. The fourth-order valence-corrected chi connectivity index (χ4v) is 5.20. The first-order valence-corrected chi connectivity index (χ1v) is 9.13. The Morgan fingerprint density at radius 2 is 2.11 bits per heavy atom. The van der Waals surface area contributed by atoms with Crippen molar-refractivity contribution in [3.05, 3.63) is 22.7 Å². The van der Waals surface area contributed by atoms with E-state index in [9.17, 15) is 8.42 Å². The van der Waals surface area contributed by atoms with Crippen molar-refractivity contribution in [3.63, 3.8) is 0 Å². The Kier molecular flexibility index (Phi) is 4.21. The number of hydrogen-bond donors (Lipinski definition) is 1. The third-order valence-electron chi connectivity index (χ3n) is 3.00. The summed E-state index contributed by atoms with van der Waals surface area (Å²) < 4.78 is 27.4. The van der Waals surface area contributed by atoms with Crippen LogP contribution in [-0.2, 0) is 10.0 Å². The average Bonchev–Trinajstić information content (AvgIpc) is 2.31. The van der Waals surface area contributed by atoms with Crippen molar-refractivity contribution in [2.75, 3.05) is 24.6 Å². The Balaban J connectivity index is 2.34. The van der Waals surface area contributed by atoms with Gasteiger partial charge >= 0.3 is 0 Å². The Morgan fingerprint density at radius 1 is 1.42 bits per heavy atom. The van der Waals surface area contributed by atoms with Crippen molar-refractivity contribution in [1.82, 2.24) is 4.31 Å². The predicted octanol–water partition coefficient (Wildman–Crippen LogP) is 2.55. The minimum atomic E-state index is -3.45. The van der Waals surface area contributed by atoms with E-state index in [1.807, 2.05) is 0 Å². The first-order chi connectivity index (χ1) is 8.72. The molecule has 106 valence electrons. The van der Waals surface area contributed by atoms with Crippen molar-refractivity contribution in [1.29, 1.82) is 0 Å². The summed E-state index contributed by atoms with van der Waals surface area (Å²) in [6.45, 7) is 5.20. The van der Waals surface area contributed by atoms with Gasteiger partial charge in [0.25, 0.3) is 0 Å². The number of halogens is 1. The summed E-state index contributed by atoms with van der Waals surface area (Å²) in [5.74, 6) is 0.818. The summed E-state index contributed by atoms with van der Waals surface area (Å²) in [6, 6.07) is 4.77. The van der Waals surface area contributed by atoms with Crippen LogP contribution in [0.5, 0.6) is 0 Å². The molecule has 1 aromatic rings. The quantitative estimate of drug-likeness (QED) is 0.819. The number of nitrogen functional groups attached to an aromatic ring is 1. The highest BCUT2D eigenvalue weighted by atomic mass is 79.9. The molecule has 2 N–H and O–H groups in total. The number of thioether (sulfide) groups is 1. The second kappa shape index (κ2) is 5.27. The smallest absolute Gasteiger partial charge is 0.243 e. The van der Waals surface area contributed by atoms with E-state index in [0.717, 1.165) is 5.75 Å². The molecule has 1 aliphatic heterocycles. The van der Waals surface area contributed by atoms with Gasteiger partial charge in [-0.15, -0.1) is 0 Å². The van der Waals surface area contributed by atoms with Crippen LogP contribution in [0.25, 0.3) is 0 Å². The van der Waals surface area contributed by atoms with Crippen LogP contribution in [0, 0.1) is 0 Å². The van der Waals surface area contributed by atoms with E-state index in [1.165, 1.54) is 6.07 Å². The molecule has 0 atom stereocenters. The lowest BCUT2D eigenvalue weighted by atomic mass is 10.2. The molecule has 0 unspecified atom stereocenters. The van der Waals surface area contributed by atoms with Gasteiger partial charge in [-0.25, -0.2) is 8.42 Å². The van der Waals surface area contributed by atoms with Gasteiger partial charge in [0.1, 0.15) is 0 Å². The van der Waals surface area contributed by atoms with E-state index in [0.29, 0.717) is 23.2 Å². The van der Waals surface area contributed by atoms with E-state index < -0.39 is 10.0 Å². The van der Waals surface area contributed by atoms with Gasteiger partial charge in [-0.1, -0.05) is 0 Å². The minimum absolute atomic E-state index is 0.0494. The summed E-state index contributed by atoms with van der Waals surface area (Å²) in [5.41, 5.74) is 6.20. The molecule has 0 radical (unpaired) electrons. The van der Waals surface area contributed by atoms with E-state index in [-0.39, 0.29) is 9.64 Å². The lowest BCUT2D eigenvalue weighted by molar-refractivity contribution is 0.387. The van der Waals surface area contributed by atoms with Crippen LogP contribution < -0.4 is 5.73 Å². The number of sulfonamides is 1. The highest BCUT2D eigenvalue weighted by Gasteiger charge is 2.34. The first-order valence-electron chi connectivity index (χ1n) is 5.91. The summed E-state index contributed by atoms with van der Waals surface area (Å²) in [6.07, 6.45) is 0. The van der Waals surface area contributed by atoms with Gasteiger partial charge < -0.3 is 5.73 Å². The van der Waals surface area contributed by atoms with Crippen LogP contribution in [0.3, 0.4) is 0 Å². The van der Waals surface area contributed by atoms with E-state index in [2.05, 4.69) is 29.8 Å². The SMILES string of the molecule is CC1(C)CN(S(=O)(=O)c2ccc(Br)c(N)c2)CCS1. The zero-order chi connectivity index (χ0) is 14.3. The third-order valence-corrected chi connectivity index (χ3v) is 6.86. The molecule has 0 saturated carbocycles. The molecule has 1 heterocycles. The minimum Gasteiger partial charge on any atom is -0.398 e. The Labute approximate surface area is 126 Å². The van der Waals surface area contributed by atoms with Crippen molar-refractivity contribution in [3.8, 4) is 0 Å². The monoisotopic (exact) mass is 364 g/mol. The van der Waals surface area contributed by atoms with Gasteiger partial charge in [0, 0.05) is 33.7 Å². The maximum absolute atomic E-state index is 12.6. The Bertz CT molecular complexity index is 587. The van der Waals surface area contributed by atoms with Crippen molar-refractivity contribution >= 4 is 43.4 Å². The van der Waals surface area contributed by atoms with Crippen LogP contribution in [0.2, 0.25) is 0 Å². The molecule has 4 nitrogen and oxygen atoms in total. The molecule has 1 aliphatic rings. The molecule has 1 aromatic carbocycles. The van der Waals surface area contributed by atoms with Crippen molar-refractivity contribution < 1.29 is 8.42 Å². The van der Waals surface area contributed by atoms with Gasteiger partial charge in [-0.3, -0.25) is 0 Å². The maximum Gasteiger partial charge on any atom is 0.243 e. The van der Waals surface area contributed by atoms with E-state index >= 15 is 0 Å². The lowest BCUT2D eigenvalue weighted by Crippen LogP contribution is -2.46. The maximum atomic E-state index is 12.6. The molecule has 0 aliphatic carbocycles.